The highest BCUT2D eigenvalue weighted by molar-refractivity contribution is 6.32. The molecule has 0 radical (unpaired) electrons. The third kappa shape index (κ3) is 3.26. The smallest absolute Gasteiger partial charge is 0.146 e. The largest absolute Gasteiger partial charge is 0.455 e. The van der Waals surface area contributed by atoms with Crippen LogP contribution in [0.3, 0.4) is 0 Å². The molecular formula is C16H16Cl2O2. The third-order valence-corrected chi connectivity index (χ3v) is 3.59. The highest BCUT2D eigenvalue weighted by Gasteiger charge is 2.11. The van der Waals surface area contributed by atoms with Gasteiger partial charge in [-0.15, -0.1) is 0 Å². The maximum absolute atomic E-state index is 9.53. The molecule has 1 atom stereocenters. The van der Waals surface area contributed by atoms with Crippen molar-refractivity contribution in [2.75, 3.05) is 0 Å². The van der Waals surface area contributed by atoms with Gasteiger partial charge in [-0.1, -0.05) is 29.3 Å². The molecule has 2 nitrogen and oxygen atoms in total. The van der Waals surface area contributed by atoms with Crippen LogP contribution in [0.4, 0.5) is 0 Å². The Morgan fingerprint density at radius 1 is 1.05 bits per heavy atom. The number of aryl methyl sites for hydroxylation is 2. The minimum atomic E-state index is -0.555. The fraction of sp³-hybridized carbons (Fsp3) is 0.250. The summed E-state index contributed by atoms with van der Waals surface area (Å²) in [7, 11) is 0. The number of halogens is 2. The Balaban J connectivity index is 2.36. The molecule has 2 rings (SSSR count). The molecule has 1 N–H and O–H groups in total. The predicted molar refractivity (Wildman–Crippen MR) is 83.1 cm³/mol. The summed E-state index contributed by atoms with van der Waals surface area (Å²) in [6.45, 7) is 5.57. The van der Waals surface area contributed by atoms with E-state index in [2.05, 4.69) is 0 Å². The van der Waals surface area contributed by atoms with Gasteiger partial charge < -0.3 is 9.84 Å². The van der Waals surface area contributed by atoms with Crippen molar-refractivity contribution in [2.45, 2.75) is 26.9 Å². The summed E-state index contributed by atoms with van der Waals surface area (Å²) in [5.74, 6) is 1.31. The van der Waals surface area contributed by atoms with Crippen LogP contribution >= 0.6 is 23.2 Å². The van der Waals surface area contributed by atoms with E-state index in [1.54, 1.807) is 25.1 Å². The standard InChI is InChI=1S/C16H16Cl2O2/c1-9-6-13(17)7-10(2)16(9)20-15-5-4-12(11(3)19)8-14(15)18/h4-8,11,19H,1-3H3. The minimum absolute atomic E-state index is 0.470. The van der Waals surface area contributed by atoms with Gasteiger partial charge in [-0.25, -0.2) is 0 Å². The third-order valence-electron chi connectivity index (χ3n) is 3.08. The molecule has 106 valence electrons. The lowest BCUT2D eigenvalue weighted by Gasteiger charge is -2.14. The summed E-state index contributed by atoms with van der Waals surface area (Å²) in [5, 5.41) is 10.7. The van der Waals surface area contributed by atoms with Gasteiger partial charge in [0.25, 0.3) is 0 Å². The number of ether oxygens (including phenoxy) is 1. The molecule has 0 aromatic heterocycles. The molecule has 0 amide bonds. The number of aliphatic hydroxyl groups excluding tert-OH is 1. The lowest BCUT2D eigenvalue weighted by molar-refractivity contribution is 0.199. The van der Waals surface area contributed by atoms with Crippen molar-refractivity contribution in [1.29, 1.82) is 0 Å². The number of rotatable bonds is 3. The fourth-order valence-electron chi connectivity index (χ4n) is 2.03. The van der Waals surface area contributed by atoms with Crippen LogP contribution in [0.25, 0.3) is 0 Å². The van der Waals surface area contributed by atoms with Crippen molar-refractivity contribution >= 4 is 23.2 Å². The molecule has 4 heteroatoms. The number of aliphatic hydroxyl groups is 1. The molecule has 2 aromatic carbocycles. The van der Waals surface area contributed by atoms with Crippen LogP contribution in [-0.4, -0.2) is 5.11 Å². The van der Waals surface area contributed by atoms with Crippen LogP contribution in [0.5, 0.6) is 11.5 Å². The first-order valence-corrected chi connectivity index (χ1v) is 7.06. The van der Waals surface area contributed by atoms with Crippen molar-refractivity contribution in [1.82, 2.24) is 0 Å². The monoisotopic (exact) mass is 310 g/mol. The summed E-state index contributed by atoms with van der Waals surface area (Å²) >= 11 is 12.2. The Labute approximate surface area is 128 Å². The molecule has 0 aliphatic heterocycles. The SMILES string of the molecule is Cc1cc(Cl)cc(C)c1Oc1ccc(C(C)O)cc1Cl. The van der Waals surface area contributed by atoms with E-state index in [0.29, 0.717) is 15.8 Å². The van der Waals surface area contributed by atoms with Crippen LogP contribution < -0.4 is 4.74 Å². The van der Waals surface area contributed by atoms with Crippen molar-refractivity contribution < 1.29 is 9.84 Å². The summed E-state index contributed by atoms with van der Waals surface area (Å²) in [5.41, 5.74) is 2.66. The normalized spacial score (nSPS) is 12.3. The van der Waals surface area contributed by atoms with Crippen molar-refractivity contribution in [3.05, 3.63) is 57.1 Å². The van der Waals surface area contributed by atoms with Gasteiger partial charge in [0, 0.05) is 5.02 Å². The molecule has 0 saturated heterocycles. The van der Waals surface area contributed by atoms with Crippen LogP contribution in [0.15, 0.2) is 30.3 Å². The molecule has 0 bridgehead atoms. The minimum Gasteiger partial charge on any atom is -0.455 e. The second-order valence-corrected chi connectivity index (χ2v) is 5.68. The average Bonchev–Trinajstić information content (AvgIpc) is 2.34. The van der Waals surface area contributed by atoms with Gasteiger partial charge in [0.1, 0.15) is 11.5 Å². The maximum Gasteiger partial charge on any atom is 0.146 e. The summed E-state index contributed by atoms with van der Waals surface area (Å²) in [6, 6.07) is 8.97. The van der Waals surface area contributed by atoms with Gasteiger partial charge in [-0.2, -0.15) is 0 Å². The van der Waals surface area contributed by atoms with Crippen LogP contribution in [0, 0.1) is 13.8 Å². The number of hydrogen-bond acceptors (Lipinski definition) is 2. The predicted octanol–water partition coefficient (Wildman–Crippen LogP) is 5.46. The van der Waals surface area contributed by atoms with Gasteiger partial charge in [0.2, 0.25) is 0 Å². The molecule has 0 fully saturated rings. The Morgan fingerprint density at radius 3 is 2.15 bits per heavy atom. The van der Waals surface area contributed by atoms with Crippen molar-refractivity contribution in [3.8, 4) is 11.5 Å². The zero-order valence-electron chi connectivity index (χ0n) is 11.6. The lowest BCUT2D eigenvalue weighted by Crippen LogP contribution is -1.94. The van der Waals surface area contributed by atoms with Gasteiger partial charge in [0.15, 0.2) is 0 Å². The fourth-order valence-corrected chi connectivity index (χ4v) is 2.58. The first-order chi connectivity index (χ1) is 9.38. The van der Waals surface area contributed by atoms with Gasteiger partial charge in [-0.3, -0.25) is 0 Å². The van der Waals surface area contributed by atoms with E-state index in [4.69, 9.17) is 27.9 Å². The summed E-state index contributed by atoms with van der Waals surface area (Å²) < 4.78 is 5.89. The molecule has 20 heavy (non-hydrogen) atoms. The zero-order chi connectivity index (χ0) is 14.9. The molecule has 2 aromatic rings. The molecule has 0 saturated carbocycles. The summed E-state index contributed by atoms with van der Waals surface area (Å²) in [6.07, 6.45) is -0.555. The van der Waals surface area contributed by atoms with Crippen molar-refractivity contribution in [3.63, 3.8) is 0 Å². The number of hydrogen-bond donors (Lipinski definition) is 1. The van der Waals surface area contributed by atoms with Gasteiger partial charge >= 0.3 is 0 Å². The van der Waals surface area contributed by atoms with Gasteiger partial charge in [0.05, 0.1) is 11.1 Å². The van der Waals surface area contributed by atoms with Crippen molar-refractivity contribution in [2.24, 2.45) is 0 Å². The second kappa shape index (κ2) is 6.04. The highest BCUT2D eigenvalue weighted by atomic mass is 35.5. The first-order valence-electron chi connectivity index (χ1n) is 6.30. The first kappa shape index (κ1) is 15.2. The quantitative estimate of drug-likeness (QED) is 0.816. The molecule has 0 heterocycles. The van der Waals surface area contributed by atoms with E-state index in [9.17, 15) is 5.11 Å². The molecule has 0 spiro atoms. The summed E-state index contributed by atoms with van der Waals surface area (Å²) in [4.78, 5) is 0. The molecule has 1 unspecified atom stereocenters. The van der Waals surface area contributed by atoms with E-state index in [-0.39, 0.29) is 0 Å². The zero-order valence-corrected chi connectivity index (χ0v) is 13.1. The van der Waals surface area contributed by atoms with Crippen LogP contribution in [0.2, 0.25) is 10.0 Å². The Morgan fingerprint density at radius 2 is 1.65 bits per heavy atom. The van der Waals surface area contributed by atoms with Gasteiger partial charge in [-0.05, 0) is 61.7 Å². The average molecular weight is 311 g/mol. The molecule has 0 aliphatic carbocycles. The highest BCUT2D eigenvalue weighted by Crippen LogP contribution is 2.35. The Bertz CT molecular complexity index is 613. The van der Waals surface area contributed by atoms with E-state index in [1.807, 2.05) is 26.0 Å². The molecule has 0 aliphatic rings. The topological polar surface area (TPSA) is 29.5 Å². The number of benzene rings is 2. The van der Waals surface area contributed by atoms with E-state index in [1.165, 1.54) is 0 Å². The Kier molecular flexibility index (Phi) is 4.59. The van der Waals surface area contributed by atoms with Crippen LogP contribution in [0.1, 0.15) is 29.7 Å². The van der Waals surface area contributed by atoms with E-state index < -0.39 is 6.10 Å². The van der Waals surface area contributed by atoms with E-state index >= 15 is 0 Å². The second-order valence-electron chi connectivity index (χ2n) is 4.84. The Hall–Kier alpha value is -1.22. The van der Waals surface area contributed by atoms with Crippen LogP contribution in [-0.2, 0) is 0 Å². The van der Waals surface area contributed by atoms with E-state index in [0.717, 1.165) is 22.4 Å². The maximum atomic E-state index is 9.53. The lowest BCUT2D eigenvalue weighted by atomic mass is 10.1. The molecular weight excluding hydrogens is 295 g/mol.